The molecule has 0 amide bonds. The van der Waals surface area contributed by atoms with Gasteiger partial charge in [-0.1, -0.05) is 12.1 Å². The summed E-state index contributed by atoms with van der Waals surface area (Å²) in [6.07, 6.45) is 2.69. The van der Waals surface area contributed by atoms with Crippen LogP contribution >= 0.6 is 0 Å². The lowest BCUT2D eigenvalue weighted by atomic mass is 9.84. The summed E-state index contributed by atoms with van der Waals surface area (Å²) in [4.78, 5) is 2.57. The third kappa shape index (κ3) is 3.12. The van der Waals surface area contributed by atoms with Gasteiger partial charge in [0, 0.05) is 19.1 Å². The van der Waals surface area contributed by atoms with Gasteiger partial charge in [-0.25, -0.2) is 0 Å². The van der Waals surface area contributed by atoms with Crippen LogP contribution in [0, 0.1) is 17.2 Å². The maximum Gasteiger partial charge on any atom is 0.174 e. The van der Waals surface area contributed by atoms with E-state index in [4.69, 9.17) is 10.00 Å². The standard InChI is InChI=1S/C16H21N3O/c17-7-10-20-15-3-1-13(2-4-15)11-18-16-12-19-8-5-14(16)6-9-19/h1-4,14,16,18H,5-6,8-12H2. The van der Waals surface area contributed by atoms with Crippen LogP contribution in [0.1, 0.15) is 18.4 Å². The molecule has 1 aromatic rings. The summed E-state index contributed by atoms with van der Waals surface area (Å²) in [5.74, 6) is 1.62. The van der Waals surface area contributed by atoms with Gasteiger partial charge in [-0.2, -0.15) is 5.26 Å². The van der Waals surface area contributed by atoms with Gasteiger partial charge in [-0.15, -0.1) is 0 Å². The molecule has 3 aliphatic rings. The van der Waals surface area contributed by atoms with E-state index < -0.39 is 0 Å². The summed E-state index contributed by atoms with van der Waals surface area (Å²) in [5, 5.41) is 12.2. The summed E-state index contributed by atoms with van der Waals surface area (Å²) < 4.78 is 5.26. The molecule has 20 heavy (non-hydrogen) atoms. The summed E-state index contributed by atoms with van der Waals surface area (Å²) in [7, 11) is 0. The van der Waals surface area contributed by atoms with E-state index in [0.29, 0.717) is 6.04 Å². The normalized spacial score (nSPS) is 28.1. The second kappa shape index (κ2) is 6.25. The van der Waals surface area contributed by atoms with Gasteiger partial charge in [0.05, 0.1) is 0 Å². The minimum absolute atomic E-state index is 0.108. The summed E-state index contributed by atoms with van der Waals surface area (Å²) in [6, 6.07) is 10.6. The fourth-order valence-corrected chi connectivity index (χ4v) is 3.26. The fourth-order valence-electron chi connectivity index (χ4n) is 3.26. The minimum atomic E-state index is 0.108. The maximum absolute atomic E-state index is 8.47. The number of benzene rings is 1. The number of rotatable bonds is 5. The van der Waals surface area contributed by atoms with Gasteiger partial charge in [-0.3, -0.25) is 0 Å². The van der Waals surface area contributed by atoms with Crippen molar-refractivity contribution in [2.45, 2.75) is 25.4 Å². The predicted molar refractivity (Wildman–Crippen MR) is 77.3 cm³/mol. The van der Waals surface area contributed by atoms with E-state index in [1.54, 1.807) is 0 Å². The van der Waals surface area contributed by atoms with Crippen LogP contribution in [0.15, 0.2) is 24.3 Å². The molecule has 1 aromatic carbocycles. The minimum Gasteiger partial charge on any atom is -0.479 e. The second-order valence-electron chi connectivity index (χ2n) is 5.72. The molecular weight excluding hydrogens is 250 g/mol. The van der Waals surface area contributed by atoms with Gasteiger partial charge in [0.25, 0.3) is 0 Å². The third-order valence-corrected chi connectivity index (χ3v) is 4.45. The monoisotopic (exact) mass is 271 g/mol. The van der Waals surface area contributed by atoms with E-state index in [1.165, 1.54) is 38.0 Å². The first-order valence-corrected chi connectivity index (χ1v) is 7.39. The molecule has 0 radical (unpaired) electrons. The Balaban J connectivity index is 1.50. The van der Waals surface area contributed by atoms with Gasteiger partial charge in [-0.05, 0) is 49.5 Å². The smallest absolute Gasteiger partial charge is 0.174 e. The molecule has 0 spiro atoms. The van der Waals surface area contributed by atoms with Crippen molar-refractivity contribution in [3.63, 3.8) is 0 Å². The number of nitrogens with one attached hydrogen (secondary N) is 1. The highest BCUT2D eigenvalue weighted by molar-refractivity contribution is 5.27. The van der Waals surface area contributed by atoms with Crippen molar-refractivity contribution < 1.29 is 4.74 Å². The Kier molecular flexibility index (Phi) is 4.19. The van der Waals surface area contributed by atoms with Crippen LogP contribution in [-0.4, -0.2) is 37.2 Å². The van der Waals surface area contributed by atoms with Crippen molar-refractivity contribution in [2.24, 2.45) is 5.92 Å². The van der Waals surface area contributed by atoms with Crippen LogP contribution in [0.25, 0.3) is 0 Å². The largest absolute Gasteiger partial charge is 0.479 e. The van der Waals surface area contributed by atoms with Crippen LogP contribution in [0.3, 0.4) is 0 Å². The molecule has 0 saturated carbocycles. The zero-order chi connectivity index (χ0) is 13.8. The molecule has 106 valence electrons. The van der Waals surface area contributed by atoms with Crippen molar-refractivity contribution >= 4 is 0 Å². The molecule has 3 heterocycles. The van der Waals surface area contributed by atoms with Gasteiger partial charge in [0.15, 0.2) is 6.61 Å². The highest BCUT2D eigenvalue weighted by Gasteiger charge is 2.33. The Bertz CT molecular complexity index is 471. The number of fused-ring (bicyclic) bond motifs is 3. The molecule has 0 aliphatic carbocycles. The number of nitrogens with zero attached hydrogens (tertiary/aromatic N) is 2. The Morgan fingerprint density at radius 1 is 1.25 bits per heavy atom. The lowest BCUT2D eigenvalue weighted by molar-refractivity contribution is 0.0720. The van der Waals surface area contributed by atoms with E-state index in [-0.39, 0.29) is 6.61 Å². The lowest BCUT2D eigenvalue weighted by Crippen LogP contribution is -2.55. The zero-order valence-corrected chi connectivity index (χ0v) is 11.7. The topological polar surface area (TPSA) is 48.3 Å². The number of nitriles is 1. The number of hydrogen-bond donors (Lipinski definition) is 1. The quantitative estimate of drug-likeness (QED) is 0.886. The molecule has 1 atom stereocenters. The predicted octanol–water partition coefficient (Wildman–Crippen LogP) is 1.77. The summed E-state index contributed by atoms with van der Waals surface area (Å²) >= 11 is 0. The molecule has 3 saturated heterocycles. The van der Waals surface area contributed by atoms with Crippen LogP contribution in [0.4, 0.5) is 0 Å². The molecule has 4 nitrogen and oxygen atoms in total. The second-order valence-corrected chi connectivity index (χ2v) is 5.72. The molecule has 3 fully saturated rings. The fraction of sp³-hybridized carbons (Fsp3) is 0.562. The molecule has 2 bridgehead atoms. The Morgan fingerprint density at radius 2 is 2.00 bits per heavy atom. The molecule has 1 unspecified atom stereocenters. The van der Waals surface area contributed by atoms with Gasteiger partial charge >= 0.3 is 0 Å². The molecular formula is C16H21N3O. The van der Waals surface area contributed by atoms with Gasteiger partial charge in [0.2, 0.25) is 0 Å². The van der Waals surface area contributed by atoms with E-state index >= 15 is 0 Å². The van der Waals surface area contributed by atoms with Crippen molar-refractivity contribution in [1.29, 1.82) is 5.26 Å². The van der Waals surface area contributed by atoms with E-state index in [0.717, 1.165) is 18.2 Å². The number of hydrogen-bond acceptors (Lipinski definition) is 4. The summed E-state index contributed by atoms with van der Waals surface area (Å²) in [5.41, 5.74) is 1.27. The Morgan fingerprint density at radius 3 is 2.60 bits per heavy atom. The van der Waals surface area contributed by atoms with Crippen LogP contribution in [0.2, 0.25) is 0 Å². The van der Waals surface area contributed by atoms with E-state index in [9.17, 15) is 0 Å². The zero-order valence-electron chi connectivity index (χ0n) is 11.7. The molecule has 0 aromatic heterocycles. The third-order valence-electron chi connectivity index (χ3n) is 4.45. The SMILES string of the molecule is N#CCOc1ccc(CNC2CN3CCC2CC3)cc1. The van der Waals surface area contributed by atoms with Crippen LogP contribution in [-0.2, 0) is 6.54 Å². The van der Waals surface area contributed by atoms with Crippen molar-refractivity contribution in [3.05, 3.63) is 29.8 Å². The maximum atomic E-state index is 8.47. The highest BCUT2D eigenvalue weighted by atomic mass is 16.5. The van der Waals surface area contributed by atoms with Crippen LogP contribution in [0.5, 0.6) is 5.75 Å². The number of ether oxygens (including phenoxy) is 1. The highest BCUT2D eigenvalue weighted by Crippen LogP contribution is 2.27. The Labute approximate surface area is 120 Å². The average molecular weight is 271 g/mol. The van der Waals surface area contributed by atoms with Crippen molar-refractivity contribution in [1.82, 2.24) is 10.2 Å². The Hall–Kier alpha value is -1.57. The molecule has 1 N–H and O–H groups in total. The molecule has 4 heteroatoms. The molecule has 4 rings (SSSR count). The first kappa shape index (κ1) is 13.4. The average Bonchev–Trinajstić information content (AvgIpc) is 2.53. The van der Waals surface area contributed by atoms with Crippen LogP contribution < -0.4 is 10.1 Å². The number of piperidine rings is 3. The first-order valence-electron chi connectivity index (χ1n) is 7.39. The van der Waals surface area contributed by atoms with Gasteiger partial charge < -0.3 is 15.0 Å². The van der Waals surface area contributed by atoms with E-state index in [1.807, 2.05) is 18.2 Å². The first-order chi connectivity index (χ1) is 9.85. The van der Waals surface area contributed by atoms with Crippen molar-refractivity contribution in [2.75, 3.05) is 26.2 Å². The lowest BCUT2D eigenvalue weighted by Gasteiger charge is -2.45. The molecule has 3 aliphatic heterocycles. The van der Waals surface area contributed by atoms with E-state index in [2.05, 4.69) is 22.3 Å². The van der Waals surface area contributed by atoms with Crippen molar-refractivity contribution in [3.8, 4) is 11.8 Å². The summed E-state index contributed by atoms with van der Waals surface area (Å²) in [6.45, 7) is 4.79. The van der Waals surface area contributed by atoms with Gasteiger partial charge in [0.1, 0.15) is 11.8 Å².